The van der Waals surface area contributed by atoms with Gasteiger partial charge in [-0.2, -0.15) is 0 Å². The molecule has 2 aliphatic heterocycles. The van der Waals surface area contributed by atoms with Gasteiger partial charge < -0.3 is 14.5 Å². The third kappa shape index (κ3) is 6.35. The Hall–Kier alpha value is -2.34. The zero-order valence-electron chi connectivity index (χ0n) is 20.0. The zero-order chi connectivity index (χ0) is 22.9. The molecule has 1 aromatic carbocycles. The number of carbonyl (C=O) groups is 2. The molecule has 0 saturated carbocycles. The van der Waals surface area contributed by atoms with Gasteiger partial charge in [0.05, 0.1) is 6.54 Å². The number of benzene rings is 1. The van der Waals surface area contributed by atoms with Gasteiger partial charge in [-0.15, -0.1) is 0 Å². The van der Waals surface area contributed by atoms with Crippen molar-refractivity contribution in [3.63, 3.8) is 0 Å². The number of ether oxygens (including phenoxy) is 1. The van der Waals surface area contributed by atoms with E-state index in [0.717, 1.165) is 50.3 Å². The average Bonchev–Trinajstić information content (AvgIpc) is 2.79. The summed E-state index contributed by atoms with van der Waals surface area (Å²) in [6, 6.07) is 8.10. The Morgan fingerprint density at radius 2 is 1.94 bits per heavy atom. The Balaban J connectivity index is 1.80. The molecule has 0 unspecified atom stereocenters. The van der Waals surface area contributed by atoms with Gasteiger partial charge in [-0.05, 0) is 51.1 Å². The van der Waals surface area contributed by atoms with Crippen molar-refractivity contribution in [3.05, 3.63) is 42.0 Å². The fourth-order valence-electron chi connectivity index (χ4n) is 4.86. The highest BCUT2D eigenvalue weighted by Gasteiger charge is 2.32. The Morgan fingerprint density at radius 3 is 2.69 bits per heavy atom. The first-order chi connectivity index (χ1) is 15.5. The molecule has 2 aliphatic rings. The van der Waals surface area contributed by atoms with Crippen LogP contribution in [0.25, 0.3) is 0 Å². The summed E-state index contributed by atoms with van der Waals surface area (Å²) in [7, 11) is 0. The lowest BCUT2D eigenvalue weighted by Gasteiger charge is -2.38. The van der Waals surface area contributed by atoms with Crippen LogP contribution in [0.1, 0.15) is 45.6 Å². The molecule has 176 valence electrons. The van der Waals surface area contributed by atoms with Gasteiger partial charge in [-0.1, -0.05) is 37.3 Å². The van der Waals surface area contributed by atoms with Crippen LogP contribution in [-0.2, 0) is 16.1 Å². The monoisotopic (exact) mass is 441 g/mol. The fourth-order valence-corrected chi connectivity index (χ4v) is 4.86. The van der Waals surface area contributed by atoms with Gasteiger partial charge in [0, 0.05) is 44.7 Å². The molecule has 0 spiro atoms. The fraction of sp³-hybridized carbons (Fsp3) is 0.615. The van der Waals surface area contributed by atoms with E-state index in [4.69, 9.17) is 4.74 Å². The van der Waals surface area contributed by atoms with Crippen LogP contribution in [0.4, 0.5) is 0 Å². The van der Waals surface area contributed by atoms with E-state index in [0.29, 0.717) is 32.7 Å². The molecule has 1 fully saturated rings. The minimum Gasteiger partial charge on any atom is -0.489 e. The number of amides is 2. The number of piperidine rings is 1. The Kier molecular flexibility index (Phi) is 9.15. The van der Waals surface area contributed by atoms with Crippen molar-refractivity contribution < 1.29 is 14.3 Å². The molecule has 2 atom stereocenters. The smallest absolute Gasteiger partial charge is 0.236 e. The molecule has 2 bridgehead atoms. The summed E-state index contributed by atoms with van der Waals surface area (Å²) in [5.74, 6) is 1.71. The SMILES string of the molecule is CCCN1CC(=O)N2CC[C@@H](CC(=O)N(CC)CC)[C@@H](/C=C\COc3ccccc3C1)C2. The van der Waals surface area contributed by atoms with Crippen molar-refractivity contribution in [2.75, 3.05) is 45.9 Å². The molecule has 0 aliphatic carbocycles. The Labute approximate surface area is 193 Å². The van der Waals surface area contributed by atoms with E-state index < -0.39 is 0 Å². The van der Waals surface area contributed by atoms with E-state index in [2.05, 4.69) is 30.0 Å². The van der Waals surface area contributed by atoms with Crippen molar-refractivity contribution in [2.24, 2.45) is 11.8 Å². The molecule has 2 heterocycles. The Bertz CT molecular complexity index is 790. The molecular weight excluding hydrogens is 402 g/mol. The second kappa shape index (κ2) is 12.0. The molecule has 0 N–H and O–H groups in total. The minimum atomic E-state index is 0.173. The van der Waals surface area contributed by atoms with Crippen LogP contribution < -0.4 is 4.74 Å². The van der Waals surface area contributed by atoms with E-state index in [1.54, 1.807) is 0 Å². The molecule has 6 heteroatoms. The summed E-state index contributed by atoms with van der Waals surface area (Å²) in [4.78, 5) is 32.1. The maximum absolute atomic E-state index is 13.2. The molecule has 0 radical (unpaired) electrons. The summed E-state index contributed by atoms with van der Waals surface area (Å²) in [5.41, 5.74) is 1.11. The van der Waals surface area contributed by atoms with Gasteiger partial charge in [0.1, 0.15) is 12.4 Å². The zero-order valence-corrected chi connectivity index (χ0v) is 20.0. The lowest BCUT2D eigenvalue weighted by molar-refractivity contribution is -0.136. The topological polar surface area (TPSA) is 53.1 Å². The molecule has 6 nitrogen and oxygen atoms in total. The number of nitrogens with zero attached hydrogens (tertiary/aromatic N) is 3. The number of carbonyl (C=O) groups excluding carboxylic acids is 2. The number of fused-ring (bicyclic) bond motifs is 3. The van der Waals surface area contributed by atoms with Gasteiger partial charge in [0.2, 0.25) is 11.8 Å². The lowest BCUT2D eigenvalue weighted by Crippen LogP contribution is -2.48. The van der Waals surface area contributed by atoms with Gasteiger partial charge in [-0.3, -0.25) is 14.5 Å². The molecule has 1 aromatic rings. The molecule has 0 aromatic heterocycles. The van der Waals surface area contributed by atoms with Crippen molar-refractivity contribution in [3.8, 4) is 5.75 Å². The molecule has 2 amide bonds. The second-order valence-corrected chi connectivity index (χ2v) is 8.88. The van der Waals surface area contributed by atoms with Crippen LogP contribution in [0.15, 0.2) is 36.4 Å². The summed E-state index contributed by atoms with van der Waals surface area (Å²) in [5, 5.41) is 0. The summed E-state index contributed by atoms with van der Waals surface area (Å²) in [6.45, 7) is 11.6. The largest absolute Gasteiger partial charge is 0.489 e. The first kappa shape index (κ1) is 24.3. The van der Waals surface area contributed by atoms with E-state index in [1.807, 2.05) is 41.8 Å². The molecular formula is C26H39N3O3. The highest BCUT2D eigenvalue weighted by molar-refractivity contribution is 5.79. The van der Waals surface area contributed by atoms with Crippen LogP contribution >= 0.6 is 0 Å². The summed E-state index contributed by atoms with van der Waals surface area (Å²) >= 11 is 0. The minimum absolute atomic E-state index is 0.173. The number of rotatable bonds is 6. The first-order valence-corrected chi connectivity index (χ1v) is 12.2. The summed E-state index contributed by atoms with van der Waals surface area (Å²) < 4.78 is 6.09. The normalized spacial score (nSPS) is 23.2. The van der Waals surface area contributed by atoms with Crippen molar-refractivity contribution in [1.29, 1.82) is 0 Å². The van der Waals surface area contributed by atoms with Crippen LogP contribution in [0.5, 0.6) is 5.75 Å². The predicted molar refractivity (Wildman–Crippen MR) is 127 cm³/mol. The van der Waals surface area contributed by atoms with Gasteiger partial charge >= 0.3 is 0 Å². The molecule has 3 rings (SSSR count). The molecule has 1 saturated heterocycles. The molecule has 32 heavy (non-hydrogen) atoms. The summed E-state index contributed by atoms with van der Waals surface area (Å²) in [6.07, 6.45) is 6.64. The number of hydrogen-bond donors (Lipinski definition) is 0. The van der Waals surface area contributed by atoms with E-state index in [9.17, 15) is 9.59 Å². The quantitative estimate of drug-likeness (QED) is 0.634. The highest BCUT2D eigenvalue weighted by atomic mass is 16.5. The predicted octanol–water partition coefficient (Wildman–Crippen LogP) is 3.57. The van der Waals surface area contributed by atoms with E-state index >= 15 is 0 Å². The number of hydrogen-bond acceptors (Lipinski definition) is 4. The maximum atomic E-state index is 13.2. The van der Waals surface area contributed by atoms with Crippen LogP contribution in [0.2, 0.25) is 0 Å². The van der Waals surface area contributed by atoms with Gasteiger partial charge in [-0.25, -0.2) is 0 Å². The first-order valence-electron chi connectivity index (χ1n) is 12.2. The third-order valence-electron chi connectivity index (χ3n) is 6.70. The van der Waals surface area contributed by atoms with Crippen LogP contribution in [0, 0.1) is 11.8 Å². The Morgan fingerprint density at radius 1 is 1.16 bits per heavy atom. The van der Waals surface area contributed by atoms with Crippen LogP contribution in [0.3, 0.4) is 0 Å². The van der Waals surface area contributed by atoms with E-state index in [-0.39, 0.29) is 23.7 Å². The third-order valence-corrected chi connectivity index (χ3v) is 6.70. The standard InChI is InChI=1S/C26H39N3O3/c1-4-14-27-18-23-10-7-8-12-24(23)32-16-9-11-22-19-29(26(31)20-27)15-13-21(22)17-25(30)28(5-2)6-3/h7-12,21-22H,4-6,13-20H2,1-3H3/b11-9-/t21-,22-/m0/s1. The van der Waals surface area contributed by atoms with Crippen molar-refractivity contribution in [2.45, 2.75) is 46.6 Å². The van der Waals surface area contributed by atoms with Crippen molar-refractivity contribution >= 4 is 11.8 Å². The highest BCUT2D eigenvalue weighted by Crippen LogP contribution is 2.29. The van der Waals surface area contributed by atoms with E-state index in [1.165, 1.54) is 0 Å². The van der Waals surface area contributed by atoms with Crippen LogP contribution in [-0.4, -0.2) is 72.4 Å². The number of para-hydroxylation sites is 1. The van der Waals surface area contributed by atoms with Gasteiger partial charge in [0.25, 0.3) is 0 Å². The average molecular weight is 442 g/mol. The van der Waals surface area contributed by atoms with Gasteiger partial charge in [0.15, 0.2) is 0 Å². The lowest BCUT2D eigenvalue weighted by atomic mass is 9.82. The van der Waals surface area contributed by atoms with Crippen molar-refractivity contribution in [1.82, 2.24) is 14.7 Å². The second-order valence-electron chi connectivity index (χ2n) is 8.88. The maximum Gasteiger partial charge on any atom is 0.236 e.